The average Bonchev–Trinajstić information content (AvgIpc) is 2.94. The Labute approximate surface area is 146 Å². The van der Waals surface area contributed by atoms with Gasteiger partial charge in [0.15, 0.2) is 0 Å². The molecule has 2 aliphatic heterocycles. The van der Waals surface area contributed by atoms with Crippen molar-refractivity contribution < 1.29 is 9.59 Å². The Balaban J connectivity index is 1.72. The van der Waals surface area contributed by atoms with Gasteiger partial charge in [0.05, 0.1) is 10.7 Å². The number of amides is 2. The van der Waals surface area contributed by atoms with Crippen molar-refractivity contribution in [2.75, 3.05) is 19.6 Å². The van der Waals surface area contributed by atoms with Gasteiger partial charge in [-0.05, 0) is 33.6 Å². The minimum atomic E-state index is -0.0179. The standard InChI is InChI=1S/C17H24N4O2S/c1-4-21-15(22)8-7-14(19-21)17(23)20-9-5-6-13(10-20)16-18-11(2)12(3)24-16/h13H,4-10H2,1-3H3/t13-/m1/s1. The highest BCUT2D eigenvalue weighted by molar-refractivity contribution is 7.11. The molecule has 1 fully saturated rings. The van der Waals surface area contributed by atoms with E-state index < -0.39 is 0 Å². The number of piperidine rings is 1. The maximum absolute atomic E-state index is 12.8. The SMILES string of the molecule is CCN1N=C(C(=O)N2CCC[C@@H](c3nc(C)c(C)s3)C2)CCC1=O. The van der Waals surface area contributed by atoms with Crippen LogP contribution < -0.4 is 0 Å². The molecule has 24 heavy (non-hydrogen) atoms. The molecule has 7 heteroatoms. The number of rotatable bonds is 3. The number of carbonyl (C=O) groups excluding carboxylic acids is 2. The third-order valence-corrected chi connectivity index (χ3v) is 5.99. The summed E-state index contributed by atoms with van der Waals surface area (Å²) < 4.78 is 0. The van der Waals surface area contributed by atoms with E-state index in [4.69, 9.17) is 0 Å². The summed E-state index contributed by atoms with van der Waals surface area (Å²) in [4.78, 5) is 32.4. The molecule has 0 unspecified atom stereocenters. The van der Waals surface area contributed by atoms with Gasteiger partial charge in [-0.25, -0.2) is 9.99 Å². The fraction of sp³-hybridized carbons (Fsp3) is 0.647. The van der Waals surface area contributed by atoms with Gasteiger partial charge in [-0.1, -0.05) is 0 Å². The number of thiazole rings is 1. The number of hydrogen-bond acceptors (Lipinski definition) is 5. The van der Waals surface area contributed by atoms with Crippen molar-refractivity contribution in [1.29, 1.82) is 0 Å². The van der Waals surface area contributed by atoms with Gasteiger partial charge in [-0.2, -0.15) is 5.10 Å². The lowest BCUT2D eigenvalue weighted by molar-refractivity contribution is -0.132. The third kappa shape index (κ3) is 3.36. The second-order valence-electron chi connectivity index (χ2n) is 6.44. The highest BCUT2D eigenvalue weighted by atomic mass is 32.1. The van der Waals surface area contributed by atoms with Gasteiger partial charge in [-0.15, -0.1) is 11.3 Å². The van der Waals surface area contributed by atoms with Crippen LogP contribution in [-0.4, -0.2) is 52.1 Å². The van der Waals surface area contributed by atoms with E-state index in [9.17, 15) is 9.59 Å². The predicted octanol–water partition coefficient (Wildman–Crippen LogP) is 2.46. The van der Waals surface area contributed by atoms with Crippen LogP contribution in [0.1, 0.15) is 54.1 Å². The Bertz CT molecular complexity index is 663. The third-order valence-electron chi connectivity index (χ3n) is 4.75. The van der Waals surface area contributed by atoms with Gasteiger partial charge in [0.25, 0.3) is 5.91 Å². The maximum Gasteiger partial charge on any atom is 0.270 e. The Hall–Kier alpha value is -1.76. The zero-order chi connectivity index (χ0) is 17.3. The van der Waals surface area contributed by atoms with Gasteiger partial charge < -0.3 is 4.90 Å². The lowest BCUT2D eigenvalue weighted by atomic mass is 9.98. The normalized spacial score (nSPS) is 21.9. The number of aryl methyl sites for hydroxylation is 2. The molecule has 1 aromatic heterocycles. The van der Waals surface area contributed by atoms with Crippen LogP contribution in [0.4, 0.5) is 0 Å². The van der Waals surface area contributed by atoms with Gasteiger partial charge in [0, 0.05) is 43.3 Å². The molecule has 1 saturated heterocycles. The van der Waals surface area contributed by atoms with Gasteiger partial charge >= 0.3 is 0 Å². The smallest absolute Gasteiger partial charge is 0.270 e. The molecule has 6 nitrogen and oxygen atoms in total. The van der Waals surface area contributed by atoms with Crippen molar-refractivity contribution >= 4 is 28.9 Å². The molecule has 0 radical (unpaired) electrons. The minimum Gasteiger partial charge on any atom is -0.337 e. The van der Waals surface area contributed by atoms with Crippen molar-refractivity contribution in [3.63, 3.8) is 0 Å². The van der Waals surface area contributed by atoms with Gasteiger partial charge in [0.1, 0.15) is 5.71 Å². The highest BCUT2D eigenvalue weighted by Crippen LogP contribution is 2.31. The van der Waals surface area contributed by atoms with Crippen molar-refractivity contribution in [3.8, 4) is 0 Å². The molecular weight excluding hydrogens is 324 g/mol. The average molecular weight is 348 g/mol. The van der Waals surface area contributed by atoms with Crippen LogP contribution in [0.3, 0.4) is 0 Å². The van der Waals surface area contributed by atoms with Crippen LogP contribution in [0, 0.1) is 13.8 Å². The van der Waals surface area contributed by atoms with Crippen LogP contribution >= 0.6 is 11.3 Å². The van der Waals surface area contributed by atoms with E-state index in [2.05, 4.69) is 17.0 Å². The first kappa shape index (κ1) is 17.1. The quantitative estimate of drug-likeness (QED) is 0.843. The Morgan fingerprint density at radius 2 is 2.12 bits per heavy atom. The van der Waals surface area contributed by atoms with E-state index in [0.717, 1.165) is 30.1 Å². The van der Waals surface area contributed by atoms with Crippen LogP contribution in [0.5, 0.6) is 0 Å². The lowest BCUT2D eigenvalue weighted by Gasteiger charge is -2.33. The summed E-state index contributed by atoms with van der Waals surface area (Å²) in [6.07, 6.45) is 2.88. The predicted molar refractivity (Wildman–Crippen MR) is 94.2 cm³/mol. The first-order valence-corrected chi connectivity index (χ1v) is 9.42. The summed E-state index contributed by atoms with van der Waals surface area (Å²) >= 11 is 1.74. The molecule has 3 heterocycles. The van der Waals surface area contributed by atoms with E-state index in [1.807, 2.05) is 18.7 Å². The maximum atomic E-state index is 12.8. The minimum absolute atomic E-state index is 0.000642. The van der Waals surface area contributed by atoms with Crippen LogP contribution in [-0.2, 0) is 9.59 Å². The van der Waals surface area contributed by atoms with Crippen LogP contribution in [0.25, 0.3) is 0 Å². The molecule has 1 atom stereocenters. The summed E-state index contributed by atoms with van der Waals surface area (Å²) in [5, 5.41) is 6.81. The van der Waals surface area contributed by atoms with E-state index in [0.29, 0.717) is 37.6 Å². The number of nitrogens with zero attached hydrogens (tertiary/aromatic N) is 4. The van der Waals surface area contributed by atoms with Crippen molar-refractivity contribution in [2.24, 2.45) is 5.10 Å². The number of aromatic nitrogens is 1. The molecule has 0 aromatic carbocycles. The zero-order valence-corrected chi connectivity index (χ0v) is 15.4. The largest absolute Gasteiger partial charge is 0.337 e. The van der Waals surface area contributed by atoms with E-state index in [-0.39, 0.29) is 11.8 Å². The summed E-state index contributed by atoms with van der Waals surface area (Å²) in [6, 6.07) is 0. The molecule has 1 aromatic rings. The molecular formula is C17H24N4O2S. The Kier molecular flexibility index (Phi) is 4.99. The molecule has 3 rings (SSSR count). The topological polar surface area (TPSA) is 65.9 Å². The monoisotopic (exact) mass is 348 g/mol. The second kappa shape index (κ2) is 7.01. The number of carbonyl (C=O) groups is 2. The lowest BCUT2D eigenvalue weighted by Crippen LogP contribution is -2.45. The first-order chi connectivity index (χ1) is 11.5. The Morgan fingerprint density at radius 3 is 2.79 bits per heavy atom. The van der Waals surface area contributed by atoms with E-state index in [1.54, 1.807) is 11.3 Å². The van der Waals surface area contributed by atoms with Crippen molar-refractivity contribution in [3.05, 3.63) is 15.6 Å². The summed E-state index contributed by atoms with van der Waals surface area (Å²) in [5.74, 6) is 0.295. The number of hydrazone groups is 1. The molecule has 0 aliphatic carbocycles. The number of likely N-dealkylation sites (tertiary alicyclic amines) is 1. The fourth-order valence-electron chi connectivity index (χ4n) is 3.22. The summed E-state index contributed by atoms with van der Waals surface area (Å²) in [7, 11) is 0. The van der Waals surface area contributed by atoms with E-state index >= 15 is 0 Å². The highest BCUT2D eigenvalue weighted by Gasteiger charge is 2.31. The van der Waals surface area contributed by atoms with Crippen LogP contribution in [0.2, 0.25) is 0 Å². The van der Waals surface area contributed by atoms with Crippen LogP contribution in [0.15, 0.2) is 5.10 Å². The van der Waals surface area contributed by atoms with Gasteiger partial charge in [-0.3, -0.25) is 9.59 Å². The summed E-state index contributed by atoms with van der Waals surface area (Å²) in [5.41, 5.74) is 1.61. The molecule has 130 valence electrons. The molecule has 0 N–H and O–H groups in total. The zero-order valence-electron chi connectivity index (χ0n) is 14.5. The molecule has 2 aliphatic rings. The van der Waals surface area contributed by atoms with Crippen molar-refractivity contribution in [1.82, 2.24) is 14.9 Å². The molecule has 0 spiro atoms. The Morgan fingerprint density at radius 1 is 1.33 bits per heavy atom. The molecule has 0 bridgehead atoms. The summed E-state index contributed by atoms with van der Waals surface area (Å²) in [6.45, 7) is 7.97. The van der Waals surface area contributed by atoms with Gasteiger partial charge in [0.2, 0.25) is 5.91 Å². The first-order valence-electron chi connectivity index (χ1n) is 8.60. The number of hydrogen-bond donors (Lipinski definition) is 0. The molecule has 2 amide bonds. The fourth-order valence-corrected chi connectivity index (χ4v) is 4.27. The molecule has 0 saturated carbocycles. The van der Waals surface area contributed by atoms with Crippen molar-refractivity contribution in [2.45, 2.75) is 52.4 Å². The second-order valence-corrected chi connectivity index (χ2v) is 7.67. The van der Waals surface area contributed by atoms with E-state index in [1.165, 1.54) is 9.89 Å².